The van der Waals surface area contributed by atoms with E-state index in [4.69, 9.17) is 5.11 Å². The van der Waals surface area contributed by atoms with Crippen molar-refractivity contribution < 1.29 is 23.8 Å². The molecule has 90 valence electrons. The average Bonchev–Trinajstić information content (AvgIpc) is 2.26. The second kappa shape index (κ2) is 5.79. The number of carbonyl (C=O) groups excluding carboxylic acids is 1. The minimum absolute atomic E-state index is 0.199. The van der Waals surface area contributed by atoms with Gasteiger partial charge in [-0.25, -0.2) is 9.18 Å². The number of benzene rings is 1. The summed E-state index contributed by atoms with van der Waals surface area (Å²) in [5, 5.41) is 8.54. The van der Waals surface area contributed by atoms with Crippen LogP contribution in [0.25, 0.3) is 6.08 Å². The number of aliphatic carboxylic acids is 1. The minimum atomic E-state index is -1.03. The van der Waals surface area contributed by atoms with E-state index in [2.05, 4.69) is 4.74 Å². The highest BCUT2D eigenvalue weighted by Gasteiger charge is 2.05. The predicted molar refractivity (Wildman–Crippen MR) is 58.8 cm³/mol. The van der Waals surface area contributed by atoms with Crippen molar-refractivity contribution in [2.24, 2.45) is 0 Å². The van der Waals surface area contributed by atoms with E-state index < -0.39 is 17.8 Å². The van der Waals surface area contributed by atoms with Gasteiger partial charge in [-0.2, -0.15) is 0 Å². The Kier molecular flexibility index (Phi) is 4.39. The summed E-state index contributed by atoms with van der Waals surface area (Å²) in [5.41, 5.74) is 0.565. The smallest absolute Gasteiger partial charge is 0.330 e. The molecule has 0 unspecified atom stereocenters. The first kappa shape index (κ1) is 12.9. The fraction of sp³-hybridized carbons (Fsp3) is 0.167. The highest BCUT2D eigenvalue weighted by molar-refractivity contribution is 5.87. The lowest BCUT2D eigenvalue weighted by Crippen LogP contribution is -2.00. The summed E-state index contributed by atoms with van der Waals surface area (Å²) in [7, 11) is 1.22. The summed E-state index contributed by atoms with van der Waals surface area (Å²) in [6.07, 6.45) is 2.12. The minimum Gasteiger partial charge on any atom is -0.481 e. The Balaban J connectivity index is 2.86. The lowest BCUT2D eigenvalue weighted by Gasteiger charge is -2.00. The van der Waals surface area contributed by atoms with E-state index in [1.54, 1.807) is 0 Å². The molecule has 0 saturated heterocycles. The topological polar surface area (TPSA) is 63.6 Å². The number of halogens is 1. The molecule has 0 aliphatic rings. The van der Waals surface area contributed by atoms with Crippen LogP contribution in [0.2, 0.25) is 0 Å². The van der Waals surface area contributed by atoms with Gasteiger partial charge in [-0.15, -0.1) is 0 Å². The molecule has 0 amide bonds. The van der Waals surface area contributed by atoms with Gasteiger partial charge in [0.05, 0.1) is 13.5 Å². The summed E-state index contributed by atoms with van der Waals surface area (Å²) >= 11 is 0. The zero-order valence-electron chi connectivity index (χ0n) is 9.14. The zero-order chi connectivity index (χ0) is 12.8. The van der Waals surface area contributed by atoms with E-state index in [0.717, 1.165) is 12.1 Å². The molecule has 0 aromatic heterocycles. The van der Waals surface area contributed by atoms with Crippen LogP contribution in [0.3, 0.4) is 0 Å². The summed E-state index contributed by atoms with van der Waals surface area (Å²) in [4.78, 5) is 21.2. The van der Waals surface area contributed by atoms with Crippen LogP contribution in [0.5, 0.6) is 0 Å². The molecule has 1 N–H and O–H groups in total. The maximum absolute atomic E-state index is 13.5. The Morgan fingerprint density at radius 2 is 2.18 bits per heavy atom. The first-order valence-corrected chi connectivity index (χ1v) is 4.79. The normalized spacial score (nSPS) is 10.5. The Morgan fingerprint density at radius 3 is 2.71 bits per heavy atom. The van der Waals surface area contributed by atoms with E-state index in [1.165, 1.54) is 25.3 Å². The third-order valence-corrected chi connectivity index (χ3v) is 2.02. The van der Waals surface area contributed by atoms with Gasteiger partial charge in [-0.3, -0.25) is 4.79 Å². The largest absolute Gasteiger partial charge is 0.481 e. The number of esters is 1. The number of carbonyl (C=O) groups is 2. The number of methoxy groups -OCH3 is 1. The van der Waals surface area contributed by atoms with E-state index in [9.17, 15) is 14.0 Å². The number of ether oxygens (including phenoxy) is 1. The average molecular weight is 238 g/mol. The van der Waals surface area contributed by atoms with Crippen LogP contribution in [0.4, 0.5) is 4.39 Å². The Morgan fingerprint density at radius 1 is 1.47 bits per heavy atom. The van der Waals surface area contributed by atoms with Gasteiger partial charge in [0.15, 0.2) is 0 Å². The van der Waals surface area contributed by atoms with Crippen molar-refractivity contribution >= 4 is 18.0 Å². The molecule has 0 bridgehead atoms. The molecule has 0 spiro atoms. The van der Waals surface area contributed by atoms with Crippen LogP contribution in [-0.2, 0) is 20.7 Å². The molecule has 0 atom stereocenters. The molecule has 1 aromatic carbocycles. The second-order valence-electron chi connectivity index (χ2n) is 3.28. The van der Waals surface area contributed by atoms with Crippen molar-refractivity contribution in [1.82, 2.24) is 0 Å². The van der Waals surface area contributed by atoms with Crippen molar-refractivity contribution in [2.75, 3.05) is 7.11 Å². The number of carboxylic acids is 1. The number of carboxylic acid groups (broad SMARTS) is 1. The SMILES string of the molecule is COC(=O)C=Cc1ccc(CC(=O)O)cc1F. The van der Waals surface area contributed by atoms with Crippen molar-refractivity contribution in [3.63, 3.8) is 0 Å². The third-order valence-electron chi connectivity index (χ3n) is 2.02. The molecule has 0 aliphatic carbocycles. The van der Waals surface area contributed by atoms with Crippen LogP contribution < -0.4 is 0 Å². The van der Waals surface area contributed by atoms with E-state index in [1.807, 2.05) is 0 Å². The first-order valence-electron chi connectivity index (χ1n) is 4.79. The molecule has 4 nitrogen and oxygen atoms in total. The van der Waals surface area contributed by atoms with E-state index in [-0.39, 0.29) is 12.0 Å². The first-order chi connectivity index (χ1) is 8.02. The number of hydrogen-bond acceptors (Lipinski definition) is 3. The molecule has 17 heavy (non-hydrogen) atoms. The molecule has 0 heterocycles. The Hall–Kier alpha value is -2.17. The lowest BCUT2D eigenvalue weighted by atomic mass is 10.1. The maximum atomic E-state index is 13.5. The van der Waals surface area contributed by atoms with Crippen molar-refractivity contribution in [3.05, 3.63) is 41.2 Å². The van der Waals surface area contributed by atoms with Gasteiger partial charge in [-0.1, -0.05) is 12.1 Å². The van der Waals surface area contributed by atoms with Gasteiger partial charge in [0.1, 0.15) is 5.82 Å². The molecule has 0 saturated carbocycles. The second-order valence-corrected chi connectivity index (χ2v) is 3.28. The molecule has 1 aromatic rings. The van der Waals surface area contributed by atoms with Crippen molar-refractivity contribution in [2.45, 2.75) is 6.42 Å². The molecule has 0 aliphatic heterocycles. The predicted octanol–water partition coefficient (Wildman–Crippen LogP) is 1.64. The van der Waals surface area contributed by atoms with Crippen LogP contribution in [-0.4, -0.2) is 24.2 Å². The molecular weight excluding hydrogens is 227 g/mol. The zero-order valence-corrected chi connectivity index (χ0v) is 9.14. The fourth-order valence-corrected chi connectivity index (χ4v) is 1.22. The van der Waals surface area contributed by atoms with Gasteiger partial charge in [-0.05, 0) is 17.7 Å². The lowest BCUT2D eigenvalue weighted by molar-refractivity contribution is -0.136. The van der Waals surface area contributed by atoms with E-state index >= 15 is 0 Å². The molecule has 1 rings (SSSR count). The quantitative estimate of drug-likeness (QED) is 0.639. The highest BCUT2D eigenvalue weighted by Crippen LogP contribution is 2.12. The van der Waals surface area contributed by atoms with Crippen LogP contribution in [0.15, 0.2) is 24.3 Å². The molecule has 5 heteroatoms. The molecular formula is C12H11FO4. The molecule has 0 fully saturated rings. The highest BCUT2D eigenvalue weighted by atomic mass is 19.1. The summed E-state index contributed by atoms with van der Waals surface area (Å²) in [6, 6.07) is 4.03. The summed E-state index contributed by atoms with van der Waals surface area (Å²) in [5.74, 6) is -2.19. The van der Waals surface area contributed by atoms with Gasteiger partial charge in [0.25, 0.3) is 0 Å². The monoisotopic (exact) mass is 238 g/mol. The standard InChI is InChI=1S/C12H11FO4/c1-17-12(16)5-4-9-3-2-8(6-10(9)13)7-11(14)15/h2-6H,7H2,1H3,(H,14,15). The summed E-state index contributed by atoms with van der Waals surface area (Å²) < 4.78 is 17.8. The van der Waals surface area contributed by atoms with E-state index in [0.29, 0.717) is 5.56 Å². The molecule has 0 radical (unpaired) electrons. The third kappa shape index (κ3) is 4.06. The Labute approximate surface area is 97.3 Å². The summed E-state index contributed by atoms with van der Waals surface area (Å²) in [6.45, 7) is 0. The Bertz CT molecular complexity index is 466. The van der Waals surface area contributed by atoms with Gasteiger partial charge in [0.2, 0.25) is 0 Å². The van der Waals surface area contributed by atoms with Crippen LogP contribution >= 0.6 is 0 Å². The van der Waals surface area contributed by atoms with Gasteiger partial charge < -0.3 is 9.84 Å². The van der Waals surface area contributed by atoms with Crippen molar-refractivity contribution in [3.8, 4) is 0 Å². The van der Waals surface area contributed by atoms with Crippen molar-refractivity contribution in [1.29, 1.82) is 0 Å². The van der Waals surface area contributed by atoms with Crippen LogP contribution in [0, 0.1) is 5.82 Å². The maximum Gasteiger partial charge on any atom is 0.330 e. The van der Waals surface area contributed by atoms with Crippen LogP contribution in [0.1, 0.15) is 11.1 Å². The van der Waals surface area contributed by atoms with Gasteiger partial charge in [0, 0.05) is 11.6 Å². The van der Waals surface area contributed by atoms with Gasteiger partial charge >= 0.3 is 11.9 Å². The number of hydrogen-bond donors (Lipinski definition) is 1. The fourth-order valence-electron chi connectivity index (χ4n) is 1.22. The number of rotatable bonds is 4.